The fourth-order valence-corrected chi connectivity index (χ4v) is 11.0. The Morgan fingerprint density at radius 2 is 1.83 bits per heavy atom. The summed E-state index contributed by atoms with van der Waals surface area (Å²) in [5.41, 5.74) is 10.4. The summed E-state index contributed by atoms with van der Waals surface area (Å²) in [5, 5.41) is 5.55. The predicted octanol–water partition coefficient (Wildman–Crippen LogP) is 6.24. The van der Waals surface area contributed by atoms with E-state index in [0.717, 1.165) is 56.5 Å². The maximum absolute atomic E-state index is 14.9. The second-order valence-electron chi connectivity index (χ2n) is 20.3. The number of carbonyl (C=O) groups is 5. The number of alkyl halides is 1. The summed E-state index contributed by atoms with van der Waals surface area (Å²) in [4.78, 5) is 78.3. The van der Waals surface area contributed by atoms with Gasteiger partial charge in [-0.25, -0.2) is 5.43 Å². The SMILES string of the molecule is CCn1c(-c2cccnc2C(C)OC)c2c3cc(ccc31)-c1cccc(c1)C[C@H](NC(=O)[C@H](C(C)C)N(C)C(=O)[C@H]1CCN(C(=O)C#CC3CCO3)C1)C(=O)N1CC(Br)C[C@H](N1)C(=O)OCC(C)(C)C2. The third kappa shape index (κ3) is 10.8. The third-order valence-corrected chi connectivity index (χ3v) is 14.8. The van der Waals surface area contributed by atoms with Crippen LogP contribution in [0.4, 0.5) is 0 Å². The number of nitrogens with zero attached hydrogens (tertiary/aromatic N) is 5. The van der Waals surface area contributed by atoms with Gasteiger partial charge in [0.05, 0.1) is 36.6 Å². The van der Waals surface area contributed by atoms with Crippen molar-refractivity contribution in [1.82, 2.24) is 35.1 Å². The number of methoxy groups -OCH3 is 1. The minimum atomic E-state index is -1.09. The standard InChI is InChI=1S/C54H66BrN7O8/c1-9-61-45-17-15-36-26-41(45)42(49(61)40-14-11-21-56-47(40)33(4)68-8)28-54(5,6)31-70-53(67)44-27-38(55)30-62(58-44)52(66)43(25-34-12-10-13-35(36)24-34)57-50(64)48(32(2)3)59(7)51(65)37-19-22-60(29-37)46(63)18-16-39-20-23-69-39/h10-15,17,21,24,26,32-33,37-39,43-44,48,58H,9,19-20,22-23,25,27-31H2,1-8H3,(H,57,64)/t33?,37-,38?,39?,43-,44-,48-/m0/s1. The molecular formula is C54H66BrN7O8. The highest BCUT2D eigenvalue weighted by molar-refractivity contribution is 9.09. The molecule has 0 radical (unpaired) electrons. The molecule has 2 N–H and O–H groups in total. The van der Waals surface area contributed by atoms with Gasteiger partial charge in [0.25, 0.3) is 11.8 Å². The number of hydrogen-bond acceptors (Lipinski definition) is 10. The Morgan fingerprint density at radius 3 is 2.54 bits per heavy atom. The Hall–Kier alpha value is -5.60. The van der Waals surface area contributed by atoms with Gasteiger partial charge in [0.2, 0.25) is 11.8 Å². The van der Waals surface area contributed by atoms with Crippen LogP contribution >= 0.6 is 15.9 Å². The Bertz CT molecular complexity index is 2700. The highest BCUT2D eigenvalue weighted by atomic mass is 79.9. The average Bonchev–Trinajstić information content (AvgIpc) is 3.94. The molecule has 16 heteroatoms. The lowest BCUT2D eigenvalue weighted by Gasteiger charge is -2.38. The number of esters is 1. The maximum Gasteiger partial charge on any atom is 0.325 e. The topological polar surface area (TPSA) is 165 Å². The number of likely N-dealkylation sites (tertiary alicyclic amines) is 1. The highest BCUT2D eigenvalue weighted by Gasteiger charge is 2.41. The van der Waals surface area contributed by atoms with Crippen molar-refractivity contribution in [3.05, 3.63) is 77.6 Å². The zero-order valence-electron chi connectivity index (χ0n) is 41.6. The number of pyridine rings is 1. The molecule has 8 rings (SSSR count). The molecule has 372 valence electrons. The number of benzene rings is 2. The molecule has 7 atom stereocenters. The highest BCUT2D eigenvalue weighted by Crippen LogP contribution is 2.42. The molecule has 3 saturated heterocycles. The van der Waals surface area contributed by atoms with Crippen molar-refractivity contribution in [3.63, 3.8) is 0 Å². The van der Waals surface area contributed by atoms with Gasteiger partial charge in [0.1, 0.15) is 24.2 Å². The molecule has 4 amide bonds. The van der Waals surface area contributed by atoms with Crippen LogP contribution in [0.25, 0.3) is 33.3 Å². The molecule has 2 aromatic heterocycles. The van der Waals surface area contributed by atoms with Crippen molar-refractivity contribution >= 4 is 56.4 Å². The molecule has 15 nitrogen and oxygen atoms in total. The number of rotatable bonds is 9. The fraction of sp³-hybridized carbons (Fsp3) is 0.519. The van der Waals surface area contributed by atoms with E-state index in [1.54, 1.807) is 25.3 Å². The monoisotopic (exact) mass is 1020 g/mol. The Kier molecular flexibility index (Phi) is 15.5. The molecule has 4 aliphatic rings. The fourth-order valence-electron chi connectivity index (χ4n) is 10.3. The molecule has 70 heavy (non-hydrogen) atoms. The number of likely N-dealkylation sites (N-methyl/N-ethyl adjacent to an activating group) is 1. The van der Waals surface area contributed by atoms with Crippen LogP contribution in [0.5, 0.6) is 0 Å². The molecule has 2 aromatic carbocycles. The Balaban J connectivity index is 1.14. The number of aryl methyl sites for hydroxylation is 1. The van der Waals surface area contributed by atoms with Crippen LogP contribution in [-0.4, -0.2) is 130 Å². The van der Waals surface area contributed by atoms with Gasteiger partial charge in [0.15, 0.2) is 0 Å². The molecule has 4 aliphatic heterocycles. The Morgan fingerprint density at radius 1 is 1.06 bits per heavy atom. The number of hydrazine groups is 1. The first kappa shape index (κ1) is 50.8. The number of halogens is 1. The molecule has 6 heterocycles. The van der Waals surface area contributed by atoms with Crippen molar-refractivity contribution < 1.29 is 38.2 Å². The third-order valence-electron chi connectivity index (χ3n) is 14.2. The van der Waals surface area contributed by atoms with Gasteiger partial charge in [-0.15, -0.1) is 0 Å². The van der Waals surface area contributed by atoms with E-state index in [1.807, 2.05) is 45.0 Å². The first-order valence-electron chi connectivity index (χ1n) is 24.6. The van der Waals surface area contributed by atoms with Crippen LogP contribution in [0.15, 0.2) is 60.8 Å². The summed E-state index contributed by atoms with van der Waals surface area (Å²) in [7, 11) is 3.29. The summed E-state index contributed by atoms with van der Waals surface area (Å²) in [6, 6.07) is 15.7. The van der Waals surface area contributed by atoms with Gasteiger partial charge in [-0.1, -0.05) is 79.9 Å². The summed E-state index contributed by atoms with van der Waals surface area (Å²) in [6.07, 6.45) is 3.59. The number of cyclic esters (lactones) is 1. The number of ether oxygens (including phenoxy) is 3. The molecule has 6 bridgehead atoms. The van der Waals surface area contributed by atoms with Crippen LogP contribution < -0.4 is 10.7 Å². The van der Waals surface area contributed by atoms with Crippen molar-refractivity contribution in [2.45, 2.75) is 115 Å². The second-order valence-corrected chi connectivity index (χ2v) is 21.6. The Labute approximate surface area is 419 Å². The molecule has 0 spiro atoms. The molecule has 0 aliphatic carbocycles. The quantitative estimate of drug-likeness (QED) is 0.111. The lowest BCUT2D eigenvalue weighted by atomic mass is 9.84. The van der Waals surface area contributed by atoms with Crippen LogP contribution in [0.3, 0.4) is 0 Å². The van der Waals surface area contributed by atoms with Crippen molar-refractivity contribution in [2.75, 3.05) is 47.0 Å². The minimum Gasteiger partial charge on any atom is -0.464 e. The second kappa shape index (κ2) is 21.4. The average molecular weight is 1020 g/mol. The number of hydrogen-bond donors (Lipinski definition) is 2. The minimum absolute atomic E-state index is 0.111. The van der Waals surface area contributed by atoms with Gasteiger partial charge in [-0.2, -0.15) is 0 Å². The lowest BCUT2D eigenvalue weighted by Crippen LogP contribution is -2.64. The van der Waals surface area contributed by atoms with Crippen LogP contribution in [0, 0.1) is 29.1 Å². The zero-order chi connectivity index (χ0) is 50.0. The number of aromatic nitrogens is 2. The van der Waals surface area contributed by atoms with Crippen molar-refractivity contribution in [1.29, 1.82) is 0 Å². The van der Waals surface area contributed by atoms with Crippen LogP contribution in [0.1, 0.15) is 83.7 Å². The molecule has 4 aromatic rings. The van der Waals surface area contributed by atoms with E-state index in [2.05, 4.69) is 94.2 Å². The van der Waals surface area contributed by atoms with Gasteiger partial charge < -0.3 is 33.9 Å². The molecule has 3 unspecified atom stereocenters. The maximum atomic E-state index is 14.9. The van der Waals surface area contributed by atoms with Crippen molar-refractivity contribution in [3.8, 4) is 34.2 Å². The summed E-state index contributed by atoms with van der Waals surface area (Å²) >= 11 is 3.72. The largest absolute Gasteiger partial charge is 0.464 e. The van der Waals surface area contributed by atoms with Gasteiger partial charge in [-0.3, -0.25) is 34.0 Å². The molecular weight excluding hydrogens is 955 g/mol. The number of amides is 4. The van der Waals surface area contributed by atoms with E-state index in [0.29, 0.717) is 39.0 Å². The van der Waals surface area contributed by atoms with Gasteiger partial charge >= 0.3 is 5.97 Å². The summed E-state index contributed by atoms with van der Waals surface area (Å²) < 4.78 is 19.6. The van der Waals surface area contributed by atoms with E-state index < -0.39 is 47.2 Å². The smallest absolute Gasteiger partial charge is 0.325 e. The molecule has 0 saturated carbocycles. The predicted molar refractivity (Wildman–Crippen MR) is 270 cm³/mol. The first-order valence-corrected chi connectivity index (χ1v) is 25.5. The van der Waals surface area contributed by atoms with E-state index in [4.69, 9.17) is 19.2 Å². The van der Waals surface area contributed by atoms with E-state index in [-0.39, 0.29) is 60.9 Å². The summed E-state index contributed by atoms with van der Waals surface area (Å²) in [6.45, 7) is 14.3. The zero-order valence-corrected chi connectivity index (χ0v) is 43.1. The lowest BCUT2D eigenvalue weighted by molar-refractivity contribution is -0.155. The normalized spacial score (nSPS) is 23.4. The number of nitrogens with one attached hydrogen (secondary N) is 2. The van der Waals surface area contributed by atoms with Crippen LogP contribution in [0.2, 0.25) is 0 Å². The van der Waals surface area contributed by atoms with Crippen LogP contribution in [-0.2, 0) is 57.6 Å². The van der Waals surface area contributed by atoms with Gasteiger partial charge in [-0.05, 0) is 91.5 Å². The first-order chi connectivity index (χ1) is 33.5. The number of carbonyl (C=O) groups excluding carboxylic acids is 5. The van der Waals surface area contributed by atoms with E-state index in [9.17, 15) is 24.0 Å². The van der Waals surface area contributed by atoms with E-state index in [1.165, 1.54) is 9.91 Å². The van der Waals surface area contributed by atoms with Crippen molar-refractivity contribution in [2.24, 2.45) is 17.3 Å². The number of fused-ring (bicyclic) bond motifs is 6. The summed E-state index contributed by atoms with van der Waals surface area (Å²) in [5.74, 6) is 2.64. The van der Waals surface area contributed by atoms with E-state index >= 15 is 0 Å². The van der Waals surface area contributed by atoms with Gasteiger partial charge in [0, 0.05) is 86.1 Å². The molecule has 3 fully saturated rings.